The van der Waals surface area contributed by atoms with Crippen molar-refractivity contribution in [3.05, 3.63) is 95.2 Å². The Morgan fingerprint density at radius 2 is 1.56 bits per heavy atom. The van der Waals surface area contributed by atoms with Gasteiger partial charge in [-0.1, -0.05) is 32.2 Å². The number of nitro benzene ring substituents is 1. The van der Waals surface area contributed by atoms with Gasteiger partial charge in [-0.25, -0.2) is 4.79 Å². The van der Waals surface area contributed by atoms with Gasteiger partial charge in [-0.05, 0) is 67.4 Å². The number of rotatable bonds is 8. The predicted octanol–water partition coefficient (Wildman–Crippen LogP) is 6.43. The zero-order valence-electron chi connectivity index (χ0n) is 17.1. The minimum absolute atomic E-state index is 0. The Labute approximate surface area is 187 Å². The van der Waals surface area contributed by atoms with Crippen LogP contribution in [0.2, 0.25) is 0 Å². The monoisotopic (exact) mass is 435 g/mol. The second-order valence-corrected chi connectivity index (χ2v) is 6.83. The van der Waals surface area contributed by atoms with E-state index in [1.165, 1.54) is 12.3 Å². The zero-order chi connectivity index (χ0) is 22.4. The molecule has 0 N–H and O–H groups in total. The first-order valence-corrected chi connectivity index (χ1v) is 9.52. The summed E-state index contributed by atoms with van der Waals surface area (Å²) in [6.45, 7) is 7.09. The summed E-state index contributed by atoms with van der Waals surface area (Å²) in [5.74, 6) is 0.631. The molecular weight excluding hydrogens is 410 g/mol. The van der Waals surface area contributed by atoms with E-state index in [9.17, 15) is 14.9 Å². The SMILES string of the molecule is C.C=COc1ccc(C(=O)Oc2ccc(-c3ccc(OC(C)C)c([N+](=O)[O-])c3)cc2)cc1. The molecule has 0 atom stereocenters. The lowest BCUT2D eigenvalue weighted by atomic mass is 10.0. The van der Waals surface area contributed by atoms with Crippen molar-refractivity contribution in [1.29, 1.82) is 0 Å². The lowest BCUT2D eigenvalue weighted by Crippen LogP contribution is -2.08. The summed E-state index contributed by atoms with van der Waals surface area (Å²) in [7, 11) is 0. The molecule has 7 nitrogen and oxygen atoms in total. The van der Waals surface area contributed by atoms with E-state index in [0.717, 1.165) is 5.56 Å². The van der Waals surface area contributed by atoms with E-state index in [0.29, 0.717) is 22.6 Å². The van der Waals surface area contributed by atoms with Crippen molar-refractivity contribution in [3.63, 3.8) is 0 Å². The van der Waals surface area contributed by atoms with Crippen molar-refractivity contribution in [2.75, 3.05) is 0 Å². The molecular formula is C25H25NO6. The summed E-state index contributed by atoms with van der Waals surface area (Å²) in [6.07, 6.45) is 1.12. The van der Waals surface area contributed by atoms with E-state index < -0.39 is 10.9 Å². The molecule has 0 aromatic heterocycles. The molecule has 0 aliphatic rings. The van der Waals surface area contributed by atoms with Crippen LogP contribution in [0.1, 0.15) is 31.6 Å². The third-order valence-corrected chi connectivity index (χ3v) is 4.23. The molecule has 3 aromatic carbocycles. The summed E-state index contributed by atoms with van der Waals surface area (Å²) in [5, 5.41) is 11.4. The highest BCUT2D eigenvalue weighted by Gasteiger charge is 2.18. The molecule has 0 saturated heterocycles. The molecule has 0 radical (unpaired) electrons. The van der Waals surface area contributed by atoms with Crippen LogP contribution in [0, 0.1) is 10.1 Å². The van der Waals surface area contributed by atoms with Crippen molar-refractivity contribution in [1.82, 2.24) is 0 Å². The van der Waals surface area contributed by atoms with E-state index in [1.54, 1.807) is 74.5 Å². The van der Waals surface area contributed by atoms with Crippen molar-refractivity contribution in [2.45, 2.75) is 27.4 Å². The number of nitrogens with zero attached hydrogens (tertiary/aromatic N) is 1. The first kappa shape index (κ1) is 24.1. The number of benzene rings is 3. The number of carbonyl (C=O) groups excluding carboxylic acids is 1. The van der Waals surface area contributed by atoms with Gasteiger partial charge in [0.15, 0.2) is 5.75 Å². The fraction of sp³-hybridized carbons (Fsp3) is 0.160. The molecule has 0 unspecified atom stereocenters. The Kier molecular flexibility index (Phi) is 8.12. The Hall–Kier alpha value is -4.13. The van der Waals surface area contributed by atoms with Crippen molar-refractivity contribution in [2.24, 2.45) is 0 Å². The molecule has 0 aliphatic heterocycles. The number of nitro groups is 1. The minimum atomic E-state index is -0.510. The van der Waals surface area contributed by atoms with Crippen LogP contribution in [-0.4, -0.2) is 17.0 Å². The van der Waals surface area contributed by atoms with E-state index in [1.807, 2.05) is 0 Å². The molecule has 0 saturated carbocycles. The first-order valence-electron chi connectivity index (χ1n) is 9.52. The van der Waals surface area contributed by atoms with Gasteiger partial charge in [-0.2, -0.15) is 0 Å². The van der Waals surface area contributed by atoms with Crippen LogP contribution in [-0.2, 0) is 0 Å². The molecule has 7 heteroatoms. The largest absolute Gasteiger partial charge is 0.484 e. The van der Waals surface area contributed by atoms with Crippen LogP contribution >= 0.6 is 0 Å². The van der Waals surface area contributed by atoms with Gasteiger partial charge in [0.2, 0.25) is 0 Å². The topological polar surface area (TPSA) is 87.9 Å². The molecule has 0 heterocycles. The molecule has 0 amide bonds. The van der Waals surface area contributed by atoms with Gasteiger partial charge in [-0.15, -0.1) is 0 Å². The second kappa shape index (κ2) is 10.8. The van der Waals surface area contributed by atoms with E-state index >= 15 is 0 Å². The van der Waals surface area contributed by atoms with Crippen LogP contribution in [0.15, 0.2) is 79.6 Å². The van der Waals surface area contributed by atoms with Gasteiger partial charge in [0, 0.05) is 6.07 Å². The average Bonchev–Trinajstić information content (AvgIpc) is 2.75. The number of hydrogen-bond donors (Lipinski definition) is 0. The normalized spacial score (nSPS) is 10.1. The number of hydrogen-bond acceptors (Lipinski definition) is 6. The van der Waals surface area contributed by atoms with Crippen LogP contribution in [0.25, 0.3) is 11.1 Å². The van der Waals surface area contributed by atoms with Gasteiger partial charge in [0.1, 0.15) is 11.5 Å². The summed E-state index contributed by atoms with van der Waals surface area (Å²) in [6, 6.07) is 18.0. The van der Waals surface area contributed by atoms with E-state index in [4.69, 9.17) is 14.2 Å². The second-order valence-electron chi connectivity index (χ2n) is 6.83. The van der Waals surface area contributed by atoms with Gasteiger partial charge >= 0.3 is 11.7 Å². The third kappa shape index (κ3) is 5.95. The lowest BCUT2D eigenvalue weighted by Gasteiger charge is -2.11. The predicted molar refractivity (Wildman–Crippen MR) is 123 cm³/mol. The molecule has 0 bridgehead atoms. The Bertz CT molecular complexity index is 1090. The summed E-state index contributed by atoms with van der Waals surface area (Å²) in [5.41, 5.74) is 1.66. The average molecular weight is 435 g/mol. The maximum Gasteiger partial charge on any atom is 0.343 e. The molecule has 166 valence electrons. The van der Waals surface area contributed by atoms with E-state index in [-0.39, 0.29) is 25.0 Å². The van der Waals surface area contributed by atoms with Gasteiger partial charge < -0.3 is 14.2 Å². The molecule has 0 fully saturated rings. The first-order chi connectivity index (χ1) is 14.9. The highest BCUT2D eigenvalue weighted by Crippen LogP contribution is 2.33. The van der Waals surface area contributed by atoms with Gasteiger partial charge in [-0.3, -0.25) is 10.1 Å². The highest BCUT2D eigenvalue weighted by molar-refractivity contribution is 5.91. The van der Waals surface area contributed by atoms with Crippen molar-refractivity contribution in [3.8, 4) is 28.4 Å². The van der Waals surface area contributed by atoms with Crippen LogP contribution in [0.3, 0.4) is 0 Å². The van der Waals surface area contributed by atoms with Crippen molar-refractivity contribution >= 4 is 11.7 Å². The molecule has 0 spiro atoms. The Balaban J connectivity index is 0.00000363. The summed E-state index contributed by atoms with van der Waals surface area (Å²) >= 11 is 0. The Morgan fingerprint density at radius 3 is 2.12 bits per heavy atom. The standard InChI is InChI=1S/C24H21NO6.CH4/c1-4-29-20-10-7-18(8-11-20)24(26)31-21-12-5-17(6-13-21)19-9-14-23(30-16(2)3)22(15-19)25(27)28;/h4-16H,1H2,2-3H3;1H4. The molecule has 0 aliphatic carbocycles. The van der Waals surface area contributed by atoms with Crippen molar-refractivity contribution < 1.29 is 23.9 Å². The lowest BCUT2D eigenvalue weighted by molar-refractivity contribution is -0.386. The summed E-state index contributed by atoms with van der Waals surface area (Å²) in [4.78, 5) is 23.3. The van der Waals surface area contributed by atoms with Crippen LogP contribution < -0.4 is 14.2 Å². The number of esters is 1. The smallest absolute Gasteiger partial charge is 0.343 e. The molecule has 32 heavy (non-hydrogen) atoms. The number of carbonyl (C=O) groups is 1. The maximum atomic E-state index is 12.3. The quantitative estimate of drug-likeness (QED) is 0.133. The van der Waals surface area contributed by atoms with E-state index in [2.05, 4.69) is 6.58 Å². The maximum absolute atomic E-state index is 12.3. The minimum Gasteiger partial charge on any atom is -0.484 e. The van der Waals surface area contributed by atoms with Crippen LogP contribution in [0.5, 0.6) is 17.2 Å². The molecule has 3 rings (SSSR count). The number of ether oxygens (including phenoxy) is 3. The summed E-state index contributed by atoms with van der Waals surface area (Å²) < 4.78 is 16.0. The third-order valence-electron chi connectivity index (χ3n) is 4.23. The van der Waals surface area contributed by atoms with Crippen LogP contribution in [0.4, 0.5) is 5.69 Å². The fourth-order valence-corrected chi connectivity index (χ4v) is 2.84. The Morgan fingerprint density at radius 1 is 0.969 bits per heavy atom. The highest BCUT2D eigenvalue weighted by atomic mass is 16.6. The van der Waals surface area contributed by atoms with Gasteiger partial charge in [0.25, 0.3) is 0 Å². The fourth-order valence-electron chi connectivity index (χ4n) is 2.84. The van der Waals surface area contributed by atoms with Gasteiger partial charge in [0.05, 0.1) is 22.9 Å². The zero-order valence-corrected chi connectivity index (χ0v) is 17.1. The molecule has 3 aromatic rings.